The molecule has 4 nitrogen and oxygen atoms in total. The molecule has 0 bridgehead atoms. The highest BCUT2D eigenvalue weighted by molar-refractivity contribution is 6.01. The summed E-state index contributed by atoms with van der Waals surface area (Å²) in [6.45, 7) is 0.262. The molecule has 2 aliphatic rings. The van der Waals surface area contributed by atoms with E-state index in [1.807, 2.05) is 0 Å². The van der Waals surface area contributed by atoms with E-state index in [0.29, 0.717) is 18.0 Å². The Bertz CT molecular complexity index is 248. The first-order chi connectivity index (χ1) is 5.62. The molecule has 0 saturated carbocycles. The van der Waals surface area contributed by atoms with Crippen molar-refractivity contribution in [3.63, 3.8) is 0 Å². The lowest BCUT2D eigenvalue weighted by molar-refractivity contribution is -0.173. The maximum atomic E-state index is 12.4. The first kappa shape index (κ1) is 7.67. The highest BCUT2D eigenvalue weighted by Gasteiger charge is 2.52. The van der Waals surface area contributed by atoms with Crippen molar-refractivity contribution in [2.24, 2.45) is 5.41 Å². The average molecular weight is 172 g/mol. The summed E-state index contributed by atoms with van der Waals surface area (Å²) < 4.78 is 12.4. The number of hydrogen-bond donors (Lipinski definition) is 1. The molecule has 1 spiro atoms. The molecule has 2 fully saturated rings. The van der Waals surface area contributed by atoms with Crippen LogP contribution in [0.15, 0.2) is 0 Å². The number of imide groups is 1. The second-order valence-corrected chi connectivity index (χ2v) is 3.44. The molecule has 2 rings (SSSR count). The third kappa shape index (κ3) is 0.929. The lowest BCUT2D eigenvalue weighted by Gasteiger charge is -2.45. The Hall–Kier alpha value is -0.970. The molecule has 12 heavy (non-hydrogen) atoms. The van der Waals surface area contributed by atoms with Crippen LogP contribution in [0.5, 0.6) is 0 Å². The SMILES string of the molecule is O=C1CCC2(CN(F)C2)C(=O)N1. The van der Waals surface area contributed by atoms with Gasteiger partial charge in [0.2, 0.25) is 11.8 Å². The highest BCUT2D eigenvalue weighted by atomic mass is 19.2. The molecule has 5 heteroatoms. The van der Waals surface area contributed by atoms with Gasteiger partial charge in [-0.2, -0.15) is 0 Å². The van der Waals surface area contributed by atoms with E-state index >= 15 is 0 Å². The Morgan fingerprint density at radius 2 is 2.08 bits per heavy atom. The minimum absolute atomic E-state index is 0.131. The van der Waals surface area contributed by atoms with Gasteiger partial charge < -0.3 is 0 Å². The van der Waals surface area contributed by atoms with Gasteiger partial charge >= 0.3 is 0 Å². The molecule has 0 aromatic carbocycles. The molecular formula is C7H9FN2O2. The summed E-state index contributed by atoms with van der Waals surface area (Å²) in [6.07, 6.45) is 0.817. The van der Waals surface area contributed by atoms with E-state index < -0.39 is 5.41 Å². The number of nitrogens with zero attached hydrogens (tertiary/aromatic N) is 1. The van der Waals surface area contributed by atoms with Gasteiger partial charge in [-0.3, -0.25) is 14.9 Å². The van der Waals surface area contributed by atoms with Crippen LogP contribution >= 0.6 is 0 Å². The molecule has 0 unspecified atom stereocenters. The quantitative estimate of drug-likeness (QED) is 0.400. The third-order valence-electron chi connectivity index (χ3n) is 2.51. The minimum Gasteiger partial charge on any atom is -0.296 e. The first-order valence-corrected chi connectivity index (χ1v) is 3.87. The lowest BCUT2D eigenvalue weighted by Crippen LogP contribution is -2.63. The van der Waals surface area contributed by atoms with E-state index in [1.165, 1.54) is 0 Å². The normalized spacial score (nSPS) is 28.4. The molecule has 2 amide bonds. The second-order valence-electron chi connectivity index (χ2n) is 3.44. The fourth-order valence-corrected chi connectivity index (χ4v) is 1.70. The lowest BCUT2D eigenvalue weighted by atomic mass is 9.74. The topological polar surface area (TPSA) is 49.4 Å². The van der Waals surface area contributed by atoms with Crippen LogP contribution in [0.4, 0.5) is 4.48 Å². The van der Waals surface area contributed by atoms with Crippen molar-refractivity contribution in [2.45, 2.75) is 12.8 Å². The van der Waals surface area contributed by atoms with Crippen molar-refractivity contribution in [3.05, 3.63) is 0 Å². The van der Waals surface area contributed by atoms with E-state index in [4.69, 9.17) is 0 Å². The molecule has 2 heterocycles. The van der Waals surface area contributed by atoms with E-state index in [-0.39, 0.29) is 24.9 Å². The van der Waals surface area contributed by atoms with Gasteiger partial charge in [0.05, 0.1) is 5.41 Å². The fourth-order valence-electron chi connectivity index (χ4n) is 1.70. The van der Waals surface area contributed by atoms with Crippen molar-refractivity contribution < 1.29 is 14.1 Å². The average Bonchev–Trinajstić information content (AvgIpc) is 1.93. The van der Waals surface area contributed by atoms with E-state index in [0.717, 1.165) is 0 Å². The number of nitrogens with one attached hydrogen (secondary N) is 1. The van der Waals surface area contributed by atoms with Gasteiger partial charge in [-0.25, -0.2) is 0 Å². The van der Waals surface area contributed by atoms with Gasteiger partial charge in [0.25, 0.3) is 0 Å². The molecule has 66 valence electrons. The Kier molecular flexibility index (Phi) is 1.44. The van der Waals surface area contributed by atoms with Crippen LogP contribution < -0.4 is 5.32 Å². The predicted molar refractivity (Wildman–Crippen MR) is 37.5 cm³/mol. The summed E-state index contributed by atoms with van der Waals surface area (Å²) in [5, 5.41) is 2.81. The predicted octanol–water partition coefficient (Wildman–Crippen LogP) is -0.391. The Morgan fingerprint density at radius 3 is 2.58 bits per heavy atom. The third-order valence-corrected chi connectivity index (χ3v) is 2.51. The number of carbonyl (C=O) groups excluding carboxylic acids is 2. The number of halogens is 1. The van der Waals surface area contributed by atoms with Gasteiger partial charge in [-0.15, -0.1) is 9.60 Å². The van der Waals surface area contributed by atoms with Crippen LogP contribution in [0.3, 0.4) is 0 Å². The molecule has 0 radical (unpaired) electrons. The van der Waals surface area contributed by atoms with Crippen molar-refractivity contribution in [1.29, 1.82) is 0 Å². The number of hydrogen-bond acceptors (Lipinski definition) is 3. The Morgan fingerprint density at radius 1 is 1.42 bits per heavy atom. The number of rotatable bonds is 0. The zero-order chi connectivity index (χ0) is 8.77. The standard InChI is InChI=1S/C7H9FN2O2/c8-10-3-7(4-10)2-1-5(11)9-6(7)12/h1-4H2,(H,9,11,12). The van der Waals surface area contributed by atoms with E-state index in [1.54, 1.807) is 0 Å². The molecular weight excluding hydrogens is 163 g/mol. The zero-order valence-electron chi connectivity index (χ0n) is 6.47. The highest BCUT2D eigenvalue weighted by Crippen LogP contribution is 2.37. The molecule has 0 aliphatic carbocycles. The summed E-state index contributed by atoms with van der Waals surface area (Å²) in [7, 11) is 0. The minimum atomic E-state index is -0.608. The molecule has 0 aromatic heterocycles. The second kappa shape index (κ2) is 2.26. The number of amides is 2. The summed E-state index contributed by atoms with van der Waals surface area (Å²) >= 11 is 0. The van der Waals surface area contributed by atoms with Crippen LogP contribution in [0.25, 0.3) is 0 Å². The molecule has 0 atom stereocenters. The van der Waals surface area contributed by atoms with Gasteiger partial charge in [-0.05, 0) is 6.42 Å². The summed E-state index contributed by atoms with van der Waals surface area (Å²) in [5.41, 5.74) is -0.608. The maximum Gasteiger partial charge on any atom is 0.235 e. The van der Waals surface area contributed by atoms with Crippen LogP contribution in [0.1, 0.15) is 12.8 Å². The van der Waals surface area contributed by atoms with Crippen molar-refractivity contribution in [2.75, 3.05) is 13.1 Å². The first-order valence-electron chi connectivity index (χ1n) is 3.87. The van der Waals surface area contributed by atoms with Gasteiger partial charge in [0.1, 0.15) is 0 Å². The monoisotopic (exact) mass is 172 g/mol. The summed E-state index contributed by atoms with van der Waals surface area (Å²) in [5.74, 6) is -0.560. The van der Waals surface area contributed by atoms with Crippen LogP contribution in [0, 0.1) is 5.41 Å². The van der Waals surface area contributed by atoms with Crippen molar-refractivity contribution in [3.8, 4) is 0 Å². The molecule has 1 N–H and O–H groups in total. The van der Waals surface area contributed by atoms with Gasteiger partial charge in [0.15, 0.2) is 0 Å². The van der Waals surface area contributed by atoms with Gasteiger partial charge in [-0.1, -0.05) is 0 Å². The van der Waals surface area contributed by atoms with Crippen molar-refractivity contribution in [1.82, 2.24) is 10.4 Å². The van der Waals surface area contributed by atoms with Gasteiger partial charge in [0, 0.05) is 19.5 Å². The molecule has 2 aliphatic heterocycles. The largest absolute Gasteiger partial charge is 0.296 e. The maximum absolute atomic E-state index is 12.4. The van der Waals surface area contributed by atoms with Crippen LogP contribution in [0.2, 0.25) is 0 Å². The zero-order valence-corrected chi connectivity index (χ0v) is 6.47. The number of carbonyl (C=O) groups is 2. The summed E-state index contributed by atoms with van der Waals surface area (Å²) in [6, 6.07) is 0. The Balaban J connectivity index is 2.09. The van der Waals surface area contributed by atoms with Crippen LogP contribution in [-0.2, 0) is 9.59 Å². The van der Waals surface area contributed by atoms with Crippen molar-refractivity contribution >= 4 is 11.8 Å². The fraction of sp³-hybridized carbons (Fsp3) is 0.714. The van der Waals surface area contributed by atoms with Crippen LogP contribution in [-0.4, -0.2) is 30.0 Å². The summed E-state index contributed by atoms with van der Waals surface area (Å²) in [4.78, 5) is 22.0. The molecule has 0 aromatic rings. The number of piperidine rings is 1. The molecule has 2 saturated heterocycles. The smallest absolute Gasteiger partial charge is 0.235 e. The Labute approximate surface area is 68.7 Å². The van der Waals surface area contributed by atoms with E-state index in [2.05, 4.69) is 5.32 Å². The van der Waals surface area contributed by atoms with E-state index in [9.17, 15) is 14.1 Å².